The minimum Gasteiger partial charge on any atom is -0.373 e. The predicted octanol–water partition coefficient (Wildman–Crippen LogP) is 4.34. The van der Waals surface area contributed by atoms with Crippen LogP contribution < -0.4 is 10.6 Å². The highest BCUT2D eigenvalue weighted by atomic mass is 35.5. The Morgan fingerprint density at radius 3 is 2.60 bits per heavy atom. The fraction of sp³-hybridized carbons (Fsp3) is 0.0769. The number of pyridine rings is 1. The highest BCUT2D eigenvalue weighted by Crippen LogP contribution is 2.26. The van der Waals surface area contributed by atoms with Gasteiger partial charge in [0.1, 0.15) is 11.0 Å². The van der Waals surface area contributed by atoms with Gasteiger partial charge in [0.15, 0.2) is 0 Å². The van der Waals surface area contributed by atoms with E-state index in [4.69, 9.17) is 34.8 Å². The van der Waals surface area contributed by atoms with Gasteiger partial charge in [-0.05, 0) is 30.3 Å². The van der Waals surface area contributed by atoms with Crippen LogP contribution in [0.3, 0.4) is 0 Å². The molecule has 104 valence electrons. The number of aromatic nitrogens is 1. The molecular weight excluding hydrogens is 321 g/mol. The molecule has 0 fully saturated rings. The average Bonchev–Trinajstić information content (AvgIpc) is 2.42. The number of nitrogens with one attached hydrogen (secondary N) is 2. The number of anilines is 2. The van der Waals surface area contributed by atoms with Crippen LogP contribution in [-0.2, 0) is 0 Å². The molecule has 0 aliphatic rings. The lowest BCUT2D eigenvalue weighted by molar-refractivity contribution is 0.102. The standard InChI is InChI=1S/C13H10Cl3N3O/c1-17-12-5-7(4-11(16)19-12)13(20)18-10-6-8(14)2-3-9(10)15/h2-6H,1H3,(H,17,19)(H,18,20). The summed E-state index contributed by atoms with van der Waals surface area (Å²) in [4.78, 5) is 16.2. The first-order chi connectivity index (χ1) is 9.49. The van der Waals surface area contributed by atoms with E-state index in [9.17, 15) is 4.79 Å². The van der Waals surface area contributed by atoms with Crippen molar-refractivity contribution in [3.8, 4) is 0 Å². The lowest BCUT2D eigenvalue weighted by Crippen LogP contribution is -2.13. The van der Waals surface area contributed by atoms with Gasteiger partial charge in [-0.1, -0.05) is 34.8 Å². The molecular formula is C13H10Cl3N3O. The molecule has 0 atom stereocenters. The second-order valence-electron chi connectivity index (χ2n) is 3.89. The van der Waals surface area contributed by atoms with Crippen LogP contribution in [0.4, 0.5) is 11.5 Å². The maximum absolute atomic E-state index is 12.2. The molecule has 2 aromatic rings. The highest BCUT2D eigenvalue weighted by molar-refractivity contribution is 6.36. The van der Waals surface area contributed by atoms with Crippen LogP contribution in [0.1, 0.15) is 10.4 Å². The second-order valence-corrected chi connectivity index (χ2v) is 5.12. The van der Waals surface area contributed by atoms with Crippen molar-refractivity contribution in [3.05, 3.63) is 51.1 Å². The Bertz CT molecular complexity index is 661. The zero-order valence-electron chi connectivity index (χ0n) is 10.4. The Kier molecular flexibility index (Phi) is 4.70. The topological polar surface area (TPSA) is 54.0 Å². The van der Waals surface area contributed by atoms with Crippen LogP contribution in [0.25, 0.3) is 0 Å². The van der Waals surface area contributed by atoms with Crippen LogP contribution >= 0.6 is 34.8 Å². The Hall–Kier alpha value is -1.49. The van der Waals surface area contributed by atoms with Crippen molar-refractivity contribution in [1.82, 2.24) is 4.98 Å². The molecule has 0 saturated heterocycles. The van der Waals surface area contributed by atoms with Crippen LogP contribution in [0, 0.1) is 0 Å². The number of carbonyl (C=O) groups excluding carboxylic acids is 1. The van der Waals surface area contributed by atoms with Crippen molar-refractivity contribution >= 4 is 52.2 Å². The molecule has 0 saturated carbocycles. The fourth-order valence-corrected chi connectivity index (χ4v) is 2.09. The number of nitrogens with zero attached hydrogens (tertiary/aromatic N) is 1. The smallest absolute Gasteiger partial charge is 0.255 e. The number of benzene rings is 1. The lowest BCUT2D eigenvalue weighted by Gasteiger charge is -2.09. The van der Waals surface area contributed by atoms with E-state index in [1.165, 1.54) is 6.07 Å². The van der Waals surface area contributed by atoms with Gasteiger partial charge in [-0.25, -0.2) is 4.98 Å². The summed E-state index contributed by atoms with van der Waals surface area (Å²) in [7, 11) is 1.69. The van der Waals surface area contributed by atoms with Crippen molar-refractivity contribution in [2.45, 2.75) is 0 Å². The fourth-order valence-electron chi connectivity index (χ4n) is 1.54. The number of halogens is 3. The average molecular weight is 331 g/mol. The molecule has 0 bridgehead atoms. The Morgan fingerprint density at radius 1 is 1.15 bits per heavy atom. The summed E-state index contributed by atoms with van der Waals surface area (Å²) in [6.45, 7) is 0. The van der Waals surface area contributed by atoms with E-state index in [2.05, 4.69) is 15.6 Å². The molecule has 0 unspecified atom stereocenters. The Morgan fingerprint density at radius 2 is 1.90 bits per heavy atom. The van der Waals surface area contributed by atoms with E-state index in [1.807, 2.05) is 0 Å². The van der Waals surface area contributed by atoms with Gasteiger partial charge >= 0.3 is 0 Å². The van der Waals surface area contributed by atoms with E-state index in [-0.39, 0.29) is 11.1 Å². The first-order valence-electron chi connectivity index (χ1n) is 5.61. The molecule has 0 aliphatic heterocycles. The number of rotatable bonds is 3. The van der Waals surface area contributed by atoms with Crippen molar-refractivity contribution in [3.63, 3.8) is 0 Å². The summed E-state index contributed by atoms with van der Waals surface area (Å²) in [5.41, 5.74) is 0.800. The number of carbonyl (C=O) groups is 1. The maximum atomic E-state index is 12.2. The van der Waals surface area contributed by atoms with Crippen molar-refractivity contribution in [2.75, 3.05) is 17.7 Å². The Labute approximate surface area is 131 Å². The largest absolute Gasteiger partial charge is 0.373 e. The van der Waals surface area contributed by atoms with Crippen molar-refractivity contribution in [1.29, 1.82) is 0 Å². The van der Waals surface area contributed by atoms with E-state index in [1.54, 1.807) is 31.3 Å². The molecule has 1 heterocycles. The third-order valence-corrected chi connectivity index (χ3v) is 3.25. The monoisotopic (exact) mass is 329 g/mol. The Balaban J connectivity index is 2.28. The van der Waals surface area contributed by atoms with Gasteiger partial charge in [0, 0.05) is 17.6 Å². The van der Waals surface area contributed by atoms with Crippen molar-refractivity contribution < 1.29 is 4.79 Å². The van der Waals surface area contributed by atoms with Gasteiger partial charge in [-0.3, -0.25) is 4.79 Å². The van der Waals surface area contributed by atoms with Gasteiger partial charge in [0.25, 0.3) is 5.91 Å². The summed E-state index contributed by atoms with van der Waals surface area (Å²) >= 11 is 17.7. The molecule has 0 spiro atoms. The van der Waals surface area contributed by atoms with Crippen LogP contribution in [0.15, 0.2) is 30.3 Å². The molecule has 1 amide bonds. The van der Waals surface area contributed by atoms with E-state index < -0.39 is 0 Å². The summed E-state index contributed by atoms with van der Waals surface area (Å²) in [6.07, 6.45) is 0. The SMILES string of the molecule is CNc1cc(C(=O)Nc2cc(Cl)ccc2Cl)cc(Cl)n1. The number of hydrogen-bond acceptors (Lipinski definition) is 3. The van der Waals surface area contributed by atoms with Gasteiger partial charge in [-0.2, -0.15) is 0 Å². The van der Waals surface area contributed by atoms with Gasteiger partial charge in [-0.15, -0.1) is 0 Å². The highest BCUT2D eigenvalue weighted by Gasteiger charge is 2.11. The normalized spacial score (nSPS) is 10.2. The zero-order chi connectivity index (χ0) is 14.7. The minimum atomic E-state index is -0.352. The molecule has 20 heavy (non-hydrogen) atoms. The summed E-state index contributed by atoms with van der Waals surface area (Å²) < 4.78 is 0. The summed E-state index contributed by atoms with van der Waals surface area (Å²) in [5.74, 6) is 0.148. The van der Waals surface area contributed by atoms with Crippen LogP contribution in [0.5, 0.6) is 0 Å². The van der Waals surface area contributed by atoms with Gasteiger partial charge in [0.05, 0.1) is 10.7 Å². The lowest BCUT2D eigenvalue weighted by atomic mass is 10.2. The molecule has 2 N–H and O–H groups in total. The van der Waals surface area contributed by atoms with Gasteiger partial charge < -0.3 is 10.6 Å². The third-order valence-electron chi connectivity index (χ3n) is 2.49. The first kappa shape index (κ1) is 14.9. The molecule has 0 radical (unpaired) electrons. The predicted molar refractivity (Wildman–Crippen MR) is 83.2 cm³/mol. The van der Waals surface area contributed by atoms with E-state index in [0.29, 0.717) is 27.1 Å². The van der Waals surface area contributed by atoms with E-state index >= 15 is 0 Å². The van der Waals surface area contributed by atoms with Crippen LogP contribution in [0.2, 0.25) is 15.2 Å². The molecule has 2 rings (SSSR count). The molecule has 1 aromatic carbocycles. The summed E-state index contributed by atoms with van der Waals surface area (Å²) in [5, 5.41) is 6.60. The number of amides is 1. The molecule has 7 heteroatoms. The molecule has 1 aromatic heterocycles. The number of hydrogen-bond donors (Lipinski definition) is 2. The quantitative estimate of drug-likeness (QED) is 0.823. The maximum Gasteiger partial charge on any atom is 0.255 e. The molecule has 0 aliphatic carbocycles. The first-order valence-corrected chi connectivity index (χ1v) is 6.74. The summed E-state index contributed by atoms with van der Waals surface area (Å²) in [6, 6.07) is 7.87. The van der Waals surface area contributed by atoms with Crippen LogP contribution in [-0.4, -0.2) is 17.9 Å². The van der Waals surface area contributed by atoms with Crippen molar-refractivity contribution in [2.24, 2.45) is 0 Å². The second kappa shape index (κ2) is 6.31. The third kappa shape index (κ3) is 3.54. The zero-order valence-corrected chi connectivity index (χ0v) is 12.6. The minimum absolute atomic E-state index is 0.221. The van der Waals surface area contributed by atoms with E-state index in [0.717, 1.165) is 0 Å². The van der Waals surface area contributed by atoms with Gasteiger partial charge in [0.2, 0.25) is 0 Å². The molecule has 4 nitrogen and oxygen atoms in total.